The molecule has 122 valence electrons. The van der Waals surface area contributed by atoms with Gasteiger partial charge in [-0.1, -0.05) is 0 Å². The minimum Gasteiger partial charge on any atom is -0.472 e. The van der Waals surface area contributed by atoms with Gasteiger partial charge in [-0.3, -0.25) is 9.59 Å². The lowest BCUT2D eigenvalue weighted by Gasteiger charge is -2.23. The third-order valence-electron chi connectivity index (χ3n) is 3.89. The highest BCUT2D eigenvalue weighted by atomic mass is 16.5. The lowest BCUT2D eigenvalue weighted by atomic mass is 10.2. The fourth-order valence-electron chi connectivity index (χ4n) is 2.64. The van der Waals surface area contributed by atoms with Crippen molar-refractivity contribution in [2.45, 2.75) is 25.7 Å². The molecule has 0 bridgehead atoms. The summed E-state index contributed by atoms with van der Waals surface area (Å²) in [6.07, 6.45) is 6.20. The molecule has 1 aliphatic heterocycles. The Labute approximate surface area is 131 Å². The number of hydrogen-bond acceptors (Lipinski definition) is 4. The number of ether oxygens (including phenoxy) is 1. The Hall–Kier alpha value is -1.82. The van der Waals surface area contributed by atoms with E-state index in [1.165, 1.54) is 12.5 Å². The second-order valence-corrected chi connectivity index (χ2v) is 5.49. The van der Waals surface area contributed by atoms with Crippen LogP contribution in [0, 0.1) is 0 Å². The van der Waals surface area contributed by atoms with Crippen LogP contribution in [0.3, 0.4) is 0 Å². The van der Waals surface area contributed by atoms with Crippen molar-refractivity contribution in [1.82, 2.24) is 9.80 Å². The minimum absolute atomic E-state index is 0.0981. The van der Waals surface area contributed by atoms with Crippen LogP contribution in [0.1, 0.15) is 36.0 Å². The van der Waals surface area contributed by atoms with Crippen molar-refractivity contribution in [1.29, 1.82) is 0 Å². The van der Waals surface area contributed by atoms with Crippen LogP contribution in [0.15, 0.2) is 23.0 Å². The first-order valence-electron chi connectivity index (χ1n) is 7.80. The predicted molar refractivity (Wildman–Crippen MR) is 81.5 cm³/mol. The summed E-state index contributed by atoms with van der Waals surface area (Å²) in [6, 6.07) is 1.65. The summed E-state index contributed by atoms with van der Waals surface area (Å²) in [5, 5.41) is 0. The molecule has 1 fully saturated rings. The van der Waals surface area contributed by atoms with Crippen LogP contribution >= 0.6 is 0 Å². The number of carbonyl (C=O) groups is 2. The first kappa shape index (κ1) is 16.5. The Morgan fingerprint density at radius 1 is 1.32 bits per heavy atom. The second-order valence-electron chi connectivity index (χ2n) is 5.49. The molecule has 1 aromatic rings. The molecule has 0 unspecified atom stereocenters. The Bertz CT molecular complexity index is 467. The molecule has 0 spiro atoms. The van der Waals surface area contributed by atoms with E-state index in [2.05, 4.69) is 0 Å². The highest BCUT2D eigenvalue weighted by Gasteiger charge is 2.21. The fourth-order valence-corrected chi connectivity index (χ4v) is 2.64. The number of nitrogens with zero attached hydrogens (tertiary/aromatic N) is 2. The third kappa shape index (κ3) is 4.59. The van der Waals surface area contributed by atoms with Gasteiger partial charge in [0.25, 0.3) is 5.91 Å². The molecule has 2 amide bonds. The van der Waals surface area contributed by atoms with Crippen LogP contribution in [0.2, 0.25) is 0 Å². The molecule has 2 heterocycles. The van der Waals surface area contributed by atoms with Gasteiger partial charge < -0.3 is 19.0 Å². The molecule has 1 aromatic heterocycles. The van der Waals surface area contributed by atoms with Crippen molar-refractivity contribution in [2.24, 2.45) is 0 Å². The van der Waals surface area contributed by atoms with E-state index in [-0.39, 0.29) is 11.8 Å². The summed E-state index contributed by atoms with van der Waals surface area (Å²) in [7, 11) is 1.64. The molecule has 6 nitrogen and oxygen atoms in total. The van der Waals surface area contributed by atoms with E-state index >= 15 is 0 Å². The molecular formula is C16H24N2O4. The smallest absolute Gasteiger partial charge is 0.257 e. The molecule has 0 N–H and O–H groups in total. The Morgan fingerprint density at radius 3 is 2.73 bits per heavy atom. The van der Waals surface area contributed by atoms with Gasteiger partial charge in [-0.05, 0) is 25.3 Å². The molecule has 1 aliphatic rings. The zero-order valence-electron chi connectivity index (χ0n) is 13.1. The molecule has 0 aromatic carbocycles. The van der Waals surface area contributed by atoms with E-state index in [4.69, 9.17) is 9.15 Å². The molecule has 0 atom stereocenters. The third-order valence-corrected chi connectivity index (χ3v) is 3.89. The van der Waals surface area contributed by atoms with Gasteiger partial charge in [0.15, 0.2) is 0 Å². The van der Waals surface area contributed by atoms with Crippen LogP contribution < -0.4 is 0 Å². The first-order valence-corrected chi connectivity index (χ1v) is 7.80. The van der Waals surface area contributed by atoms with Crippen molar-refractivity contribution >= 4 is 11.8 Å². The molecule has 0 aliphatic carbocycles. The maximum atomic E-state index is 12.4. The summed E-state index contributed by atoms with van der Waals surface area (Å²) in [6.45, 7) is 3.29. The summed E-state index contributed by atoms with van der Waals surface area (Å²) < 4.78 is 10.0. The van der Waals surface area contributed by atoms with Crippen LogP contribution in [0.25, 0.3) is 0 Å². The SMILES string of the molecule is COCCCN(CCC(=O)N1CCCC1)C(=O)c1ccoc1. The first-order chi connectivity index (χ1) is 10.7. The monoisotopic (exact) mass is 308 g/mol. The van der Waals surface area contributed by atoms with Gasteiger partial charge in [-0.25, -0.2) is 0 Å². The highest BCUT2D eigenvalue weighted by molar-refractivity contribution is 5.94. The lowest BCUT2D eigenvalue weighted by molar-refractivity contribution is -0.130. The molecule has 6 heteroatoms. The molecule has 0 radical (unpaired) electrons. The average Bonchev–Trinajstić information content (AvgIpc) is 3.23. The topological polar surface area (TPSA) is 63.0 Å². The van der Waals surface area contributed by atoms with Gasteiger partial charge in [-0.2, -0.15) is 0 Å². The number of hydrogen-bond donors (Lipinski definition) is 0. The van der Waals surface area contributed by atoms with Crippen LogP contribution in [0.4, 0.5) is 0 Å². The van der Waals surface area contributed by atoms with Crippen molar-refractivity contribution in [3.05, 3.63) is 24.2 Å². The van der Waals surface area contributed by atoms with Gasteiger partial charge >= 0.3 is 0 Å². The highest BCUT2D eigenvalue weighted by Crippen LogP contribution is 2.11. The molecule has 0 saturated carbocycles. The van der Waals surface area contributed by atoms with Crippen molar-refractivity contribution < 1.29 is 18.7 Å². The molecule has 2 rings (SSSR count). The summed E-state index contributed by atoms with van der Waals surface area (Å²) in [5.41, 5.74) is 0.519. The maximum absolute atomic E-state index is 12.4. The number of amides is 2. The van der Waals surface area contributed by atoms with E-state index in [1.807, 2.05) is 4.90 Å². The zero-order valence-corrected chi connectivity index (χ0v) is 13.1. The second kappa shape index (κ2) is 8.58. The van der Waals surface area contributed by atoms with E-state index in [9.17, 15) is 9.59 Å². The lowest BCUT2D eigenvalue weighted by Crippen LogP contribution is -2.37. The van der Waals surface area contributed by atoms with E-state index in [0.717, 1.165) is 32.4 Å². The van der Waals surface area contributed by atoms with E-state index in [1.54, 1.807) is 18.1 Å². The van der Waals surface area contributed by atoms with Crippen LogP contribution in [-0.4, -0.2) is 61.5 Å². The Morgan fingerprint density at radius 2 is 2.09 bits per heavy atom. The number of rotatable bonds is 8. The number of likely N-dealkylation sites (tertiary alicyclic amines) is 1. The van der Waals surface area contributed by atoms with Gasteiger partial charge in [0, 0.05) is 46.3 Å². The number of furan rings is 1. The standard InChI is InChI=1S/C16H24N2O4/c1-21-11-4-9-18(16(20)14-6-12-22-13-14)10-5-15(19)17-7-2-3-8-17/h6,12-13H,2-5,7-11H2,1H3. The normalized spacial score (nSPS) is 14.3. The van der Waals surface area contributed by atoms with Crippen molar-refractivity contribution in [3.63, 3.8) is 0 Å². The van der Waals surface area contributed by atoms with Gasteiger partial charge in [0.05, 0.1) is 11.8 Å². The summed E-state index contributed by atoms with van der Waals surface area (Å²) in [5.74, 6) is 0.0355. The summed E-state index contributed by atoms with van der Waals surface area (Å²) in [4.78, 5) is 28.2. The molecule has 22 heavy (non-hydrogen) atoms. The minimum atomic E-state index is -0.0981. The van der Waals surface area contributed by atoms with Crippen LogP contribution in [0.5, 0.6) is 0 Å². The fraction of sp³-hybridized carbons (Fsp3) is 0.625. The van der Waals surface area contributed by atoms with Gasteiger partial charge in [-0.15, -0.1) is 0 Å². The van der Waals surface area contributed by atoms with Gasteiger partial charge in [0.1, 0.15) is 6.26 Å². The quantitative estimate of drug-likeness (QED) is 0.687. The van der Waals surface area contributed by atoms with Gasteiger partial charge in [0.2, 0.25) is 5.91 Å². The van der Waals surface area contributed by atoms with Crippen LogP contribution in [-0.2, 0) is 9.53 Å². The largest absolute Gasteiger partial charge is 0.472 e. The number of methoxy groups -OCH3 is 1. The average molecular weight is 308 g/mol. The Balaban J connectivity index is 1.88. The molecular weight excluding hydrogens is 284 g/mol. The Kier molecular flexibility index (Phi) is 6.45. The van der Waals surface area contributed by atoms with Crippen molar-refractivity contribution in [3.8, 4) is 0 Å². The van der Waals surface area contributed by atoms with E-state index < -0.39 is 0 Å². The van der Waals surface area contributed by atoms with Crippen molar-refractivity contribution in [2.75, 3.05) is 39.9 Å². The molecule has 1 saturated heterocycles. The zero-order chi connectivity index (χ0) is 15.8. The predicted octanol–water partition coefficient (Wildman–Crippen LogP) is 1.77. The number of carbonyl (C=O) groups excluding carboxylic acids is 2. The van der Waals surface area contributed by atoms with E-state index in [0.29, 0.717) is 31.7 Å². The maximum Gasteiger partial charge on any atom is 0.257 e. The summed E-state index contributed by atoms with van der Waals surface area (Å²) >= 11 is 0.